The number of carbonyl (C=O) groups excluding carboxylic acids is 3. The van der Waals surface area contributed by atoms with E-state index < -0.39 is 24.0 Å². The summed E-state index contributed by atoms with van der Waals surface area (Å²) in [5.41, 5.74) is 12.4. The third-order valence-electron chi connectivity index (χ3n) is 4.31. The van der Waals surface area contributed by atoms with Crippen LogP contribution in [0.2, 0.25) is 0 Å². The van der Waals surface area contributed by atoms with Gasteiger partial charge < -0.3 is 36.9 Å². The Balaban J connectivity index is 2.72. The molecular formula is C20H33N5O5. The number of methoxy groups -OCH3 is 1. The highest BCUT2D eigenvalue weighted by Gasteiger charge is 2.25. The third-order valence-corrected chi connectivity index (χ3v) is 4.31. The average molecular weight is 424 g/mol. The maximum Gasteiger partial charge on any atom is 0.312 e. The van der Waals surface area contributed by atoms with Crippen molar-refractivity contribution in [2.24, 2.45) is 17.4 Å². The Kier molecular flexibility index (Phi) is 11.4. The van der Waals surface area contributed by atoms with E-state index in [9.17, 15) is 14.4 Å². The van der Waals surface area contributed by atoms with E-state index in [0.717, 1.165) is 5.56 Å². The summed E-state index contributed by atoms with van der Waals surface area (Å²) in [7, 11) is 1.55. The average Bonchev–Trinajstić information content (AvgIpc) is 2.70. The summed E-state index contributed by atoms with van der Waals surface area (Å²) in [5, 5.41) is 7.95. The first kappa shape index (κ1) is 25.3. The first-order chi connectivity index (χ1) is 14.2. The van der Waals surface area contributed by atoms with Gasteiger partial charge in [0, 0.05) is 19.3 Å². The molecule has 2 atom stereocenters. The Morgan fingerprint density at radius 3 is 2.33 bits per heavy atom. The number of benzene rings is 1. The number of carbonyl (C=O) groups is 3. The van der Waals surface area contributed by atoms with E-state index in [1.54, 1.807) is 19.2 Å². The van der Waals surface area contributed by atoms with Crippen LogP contribution in [0.4, 0.5) is 10.5 Å². The van der Waals surface area contributed by atoms with Gasteiger partial charge >= 0.3 is 6.03 Å². The van der Waals surface area contributed by atoms with Crippen LogP contribution in [0.5, 0.6) is 0 Å². The lowest BCUT2D eigenvalue weighted by atomic mass is 10.0. The fourth-order valence-corrected chi connectivity index (χ4v) is 2.51. The summed E-state index contributed by atoms with van der Waals surface area (Å²) in [5.74, 6) is -0.849. The van der Waals surface area contributed by atoms with Crippen molar-refractivity contribution >= 4 is 23.5 Å². The van der Waals surface area contributed by atoms with Crippen LogP contribution in [0.25, 0.3) is 0 Å². The summed E-state index contributed by atoms with van der Waals surface area (Å²) in [4.78, 5) is 35.9. The van der Waals surface area contributed by atoms with Gasteiger partial charge in [0.1, 0.15) is 12.8 Å². The molecule has 0 aromatic heterocycles. The molecule has 1 rings (SSSR count). The predicted molar refractivity (Wildman–Crippen MR) is 113 cm³/mol. The SMILES string of the molecule is COCOCc1ccc(NC(=O)[C@H](CCCNC(N)=O)NC(=O)[C@@H](N)C(C)C)cc1. The second kappa shape index (κ2) is 13.5. The van der Waals surface area contributed by atoms with Crippen LogP contribution in [-0.2, 0) is 25.7 Å². The fraction of sp³-hybridized carbons (Fsp3) is 0.550. The molecule has 4 amide bonds. The molecule has 0 bridgehead atoms. The molecule has 1 aromatic carbocycles. The van der Waals surface area contributed by atoms with Crippen molar-refractivity contribution in [3.63, 3.8) is 0 Å². The van der Waals surface area contributed by atoms with E-state index in [1.165, 1.54) is 0 Å². The van der Waals surface area contributed by atoms with Crippen molar-refractivity contribution < 1.29 is 23.9 Å². The Labute approximate surface area is 177 Å². The molecule has 10 nitrogen and oxygen atoms in total. The Morgan fingerprint density at radius 2 is 1.77 bits per heavy atom. The van der Waals surface area contributed by atoms with Gasteiger partial charge in [-0.25, -0.2) is 4.79 Å². The number of urea groups is 1. The third kappa shape index (κ3) is 9.68. The predicted octanol–water partition coefficient (Wildman–Crippen LogP) is 0.662. The van der Waals surface area contributed by atoms with Crippen LogP contribution in [0.1, 0.15) is 32.3 Å². The van der Waals surface area contributed by atoms with Gasteiger partial charge in [-0.05, 0) is 36.5 Å². The summed E-state index contributed by atoms with van der Waals surface area (Å²) in [6, 6.07) is 4.97. The minimum absolute atomic E-state index is 0.0712. The molecule has 10 heteroatoms. The number of anilines is 1. The molecule has 0 saturated carbocycles. The highest BCUT2D eigenvalue weighted by molar-refractivity contribution is 5.97. The number of rotatable bonds is 13. The molecule has 0 saturated heterocycles. The molecule has 0 fully saturated rings. The van der Waals surface area contributed by atoms with Crippen molar-refractivity contribution in [1.82, 2.24) is 10.6 Å². The van der Waals surface area contributed by atoms with Gasteiger partial charge in [-0.3, -0.25) is 9.59 Å². The van der Waals surface area contributed by atoms with E-state index in [4.69, 9.17) is 20.9 Å². The highest BCUT2D eigenvalue weighted by atomic mass is 16.7. The summed E-state index contributed by atoms with van der Waals surface area (Å²) in [6.07, 6.45) is 0.764. The quantitative estimate of drug-likeness (QED) is 0.232. The second-order valence-electron chi connectivity index (χ2n) is 7.21. The van der Waals surface area contributed by atoms with Gasteiger partial charge in [0.15, 0.2) is 0 Å². The van der Waals surface area contributed by atoms with Gasteiger partial charge in [0.25, 0.3) is 0 Å². The second-order valence-corrected chi connectivity index (χ2v) is 7.21. The number of amides is 4. The van der Waals surface area contributed by atoms with Crippen LogP contribution < -0.4 is 27.4 Å². The molecule has 0 aliphatic heterocycles. The molecule has 0 aliphatic carbocycles. The molecule has 0 unspecified atom stereocenters. The lowest BCUT2D eigenvalue weighted by Crippen LogP contribution is -2.51. The van der Waals surface area contributed by atoms with Crippen LogP contribution in [0.15, 0.2) is 24.3 Å². The Hall–Kier alpha value is -2.69. The maximum absolute atomic E-state index is 12.7. The minimum atomic E-state index is -0.804. The van der Waals surface area contributed by atoms with Crippen LogP contribution in [-0.4, -0.2) is 50.4 Å². The molecule has 168 valence electrons. The van der Waals surface area contributed by atoms with Gasteiger partial charge in [0.05, 0.1) is 12.6 Å². The highest BCUT2D eigenvalue weighted by Crippen LogP contribution is 2.12. The van der Waals surface area contributed by atoms with Gasteiger partial charge in [-0.15, -0.1) is 0 Å². The zero-order valence-electron chi connectivity index (χ0n) is 17.8. The zero-order chi connectivity index (χ0) is 22.5. The molecular weight excluding hydrogens is 390 g/mol. The molecule has 1 aromatic rings. The van der Waals surface area contributed by atoms with Crippen LogP contribution in [0, 0.1) is 5.92 Å². The summed E-state index contributed by atoms with van der Waals surface area (Å²) in [6.45, 7) is 4.53. The lowest BCUT2D eigenvalue weighted by molar-refractivity contribution is -0.128. The first-order valence-electron chi connectivity index (χ1n) is 9.80. The van der Waals surface area contributed by atoms with Crippen LogP contribution >= 0.6 is 0 Å². The van der Waals surface area contributed by atoms with E-state index in [1.807, 2.05) is 26.0 Å². The van der Waals surface area contributed by atoms with E-state index >= 15 is 0 Å². The molecule has 0 spiro atoms. The Morgan fingerprint density at radius 1 is 1.10 bits per heavy atom. The molecule has 0 aliphatic rings. The molecule has 0 heterocycles. The fourth-order valence-electron chi connectivity index (χ4n) is 2.51. The monoisotopic (exact) mass is 423 g/mol. The van der Waals surface area contributed by atoms with Gasteiger partial charge in [-0.1, -0.05) is 26.0 Å². The first-order valence-corrected chi connectivity index (χ1v) is 9.80. The standard InChI is InChI=1S/C20H33N5O5/c1-13(2)17(21)19(27)25-16(5-4-10-23-20(22)28)18(26)24-15-8-6-14(7-9-15)11-30-12-29-3/h6-9,13,16-17H,4-5,10-12,21H2,1-3H3,(H,24,26)(H,25,27)(H3,22,23,28)/t16-,17-/m0/s1. The van der Waals surface area contributed by atoms with E-state index in [0.29, 0.717) is 31.7 Å². The smallest absolute Gasteiger partial charge is 0.312 e. The number of nitrogens with one attached hydrogen (secondary N) is 3. The van der Waals surface area contributed by atoms with Gasteiger partial charge in [0.2, 0.25) is 11.8 Å². The molecule has 7 N–H and O–H groups in total. The largest absolute Gasteiger partial charge is 0.359 e. The topological polar surface area (TPSA) is 158 Å². The zero-order valence-corrected chi connectivity index (χ0v) is 17.8. The van der Waals surface area contributed by atoms with Crippen molar-refractivity contribution in [2.75, 3.05) is 25.8 Å². The summed E-state index contributed by atoms with van der Waals surface area (Å²) < 4.78 is 10.1. The van der Waals surface area contributed by atoms with Gasteiger partial charge in [-0.2, -0.15) is 0 Å². The molecule has 30 heavy (non-hydrogen) atoms. The summed E-state index contributed by atoms with van der Waals surface area (Å²) >= 11 is 0. The molecule has 0 radical (unpaired) electrons. The number of ether oxygens (including phenoxy) is 2. The normalized spacial score (nSPS) is 12.8. The Bertz CT molecular complexity index is 681. The number of nitrogens with two attached hydrogens (primary N) is 2. The van der Waals surface area contributed by atoms with Crippen LogP contribution in [0.3, 0.4) is 0 Å². The number of hydrogen-bond donors (Lipinski definition) is 5. The van der Waals surface area contributed by atoms with E-state index in [-0.39, 0.29) is 18.6 Å². The van der Waals surface area contributed by atoms with Crippen molar-refractivity contribution in [1.29, 1.82) is 0 Å². The minimum Gasteiger partial charge on any atom is -0.359 e. The number of hydrogen-bond acceptors (Lipinski definition) is 6. The maximum atomic E-state index is 12.7. The van der Waals surface area contributed by atoms with E-state index in [2.05, 4.69) is 16.0 Å². The number of primary amides is 1. The van der Waals surface area contributed by atoms with Crippen molar-refractivity contribution in [3.05, 3.63) is 29.8 Å². The van der Waals surface area contributed by atoms with Crippen molar-refractivity contribution in [2.45, 2.75) is 45.4 Å². The lowest BCUT2D eigenvalue weighted by Gasteiger charge is -2.22. The van der Waals surface area contributed by atoms with Crippen molar-refractivity contribution in [3.8, 4) is 0 Å².